The van der Waals surface area contributed by atoms with Crippen LogP contribution in [0.5, 0.6) is 0 Å². The summed E-state index contributed by atoms with van der Waals surface area (Å²) in [6.07, 6.45) is 6.89. The van der Waals surface area contributed by atoms with Gasteiger partial charge in [0.15, 0.2) is 0 Å². The van der Waals surface area contributed by atoms with E-state index in [1.165, 1.54) is 32.4 Å². The third-order valence-electron chi connectivity index (χ3n) is 4.80. The highest BCUT2D eigenvalue weighted by Crippen LogP contribution is 2.18. The van der Waals surface area contributed by atoms with Gasteiger partial charge in [0.1, 0.15) is 5.60 Å². The molecule has 1 N–H and O–H groups in total. The van der Waals surface area contributed by atoms with Gasteiger partial charge >= 0.3 is 6.09 Å². The lowest BCUT2D eigenvalue weighted by Gasteiger charge is -2.27. The maximum Gasteiger partial charge on any atom is 0.410 e. The fraction of sp³-hybridized carbons (Fsp3) is 0.944. The molecular weight excluding hydrogens is 290 g/mol. The first-order valence-electron chi connectivity index (χ1n) is 9.26. The number of nitrogens with one attached hydrogen (secondary N) is 1. The number of amides is 1. The topological polar surface area (TPSA) is 44.8 Å². The van der Waals surface area contributed by atoms with Crippen molar-refractivity contribution < 1.29 is 9.53 Å². The van der Waals surface area contributed by atoms with Crippen molar-refractivity contribution in [2.75, 3.05) is 33.2 Å². The maximum absolute atomic E-state index is 12.2. The Labute approximate surface area is 141 Å². The van der Waals surface area contributed by atoms with Crippen molar-refractivity contribution in [1.82, 2.24) is 15.1 Å². The van der Waals surface area contributed by atoms with Crippen LogP contribution in [0.25, 0.3) is 0 Å². The van der Waals surface area contributed by atoms with Gasteiger partial charge in [0.05, 0.1) is 0 Å². The fourth-order valence-corrected chi connectivity index (χ4v) is 3.51. The van der Waals surface area contributed by atoms with Crippen LogP contribution in [0.15, 0.2) is 0 Å². The van der Waals surface area contributed by atoms with E-state index >= 15 is 0 Å². The first-order chi connectivity index (χ1) is 10.8. The highest BCUT2D eigenvalue weighted by molar-refractivity contribution is 5.68. The molecular formula is C18H35N3O2. The Bertz CT molecular complexity index is 381. The minimum absolute atomic E-state index is 0.158. The molecule has 0 aromatic heterocycles. The third-order valence-corrected chi connectivity index (χ3v) is 4.80. The van der Waals surface area contributed by atoms with Gasteiger partial charge < -0.3 is 19.9 Å². The van der Waals surface area contributed by atoms with E-state index in [0.29, 0.717) is 12.1 Å². The highest BCUT2D eigenvalue weighted by atomic mass is 16.6. The maximum atomic E-state index is 12.2. The van der Waals surface area contributed by atoms with Crippen LogP contribution in [0.1, 0.15) is 59.3 Å². The minimum Gasteiger partial charge on any atom is -0.444 e. The summed E-state index contributed by atoms with van der Waals surface area (Å²) in [5, 5.41) is 3.86. The van der Waals surface area contributed by atoms with Gasteiger partial charge in [0, 0.05) is 25.2 Å². The van der Waals surface area contributed by atoms with Crippen LogP contribution < -0.4 is 5.32 Å². The van der Waals surface area contributed by atoms with E-state index in [0.717, 1.165) is 32.4 Å². The molecule has 134 valence electrons. The molecule has 0 spiro atoms. The second kappa shape index (κ2) is 8.34. The zero-order valence-electron chi connectivity index (χ0n) is 15.4. The Morgan fingerprint density at radius 2 is 1.57 bits per heavy atom. The van der Waals surface area contributed by atoms with Crippen LogP contribution in [0, 0.1) is 0 Å². The lowest BCUT2D eigenvalue weighted by atomic mass is 10.0. The summed E-state index contributed by atoms with van der Waals surface area (Å²) >= 11 is 0. The molecule has 2 rings (SSSR count). The number of likely N-dealkylation sites (tertiary alicyclic amines) is 2. The van der Waals surface area contributed by atoms with Gasteiger partial charge in [-0.15, -0.1) is 0 Å². The Morgan fingerprint density at radius 1 is 0.957 bits per heavy atom. The van der Waals surface area contributed by atoms with Gasteiger partial charge in [0.25, 0.3) is 0 Å². The van der Waals surface area contributed by atoms with Gasteiger partial charge in [-0.05, 0) is 79.4 Å². The van der Waals surface area contributed by atoms with E-state index in [2.05, 4.69) is 17.3 Å². The molecule has 0 aromatic rings. The third kappa shape index (κ3) is 6.68. The summed E-state index contributed by atoms with van der Waals surface area (Å²) in [5.74, 6) is 0. The summed E-state index contributed by atoms with van der Waals surface area (Å²) in [4.78, 5) is 16.5. The van der Waals surface area contributed by atoms with E-state index in [1.807, 2.05) is 25.7 Å². The molecule has 2 fully saturated rings. The van der Waals surface area contributed by atoms with Crippen LogP contribution >= 0.6 is 0 Å². The van der Waals surface area contributed by atoms with E-state index in [4.69, 9.17) is 4.74 Å². The zero-order valence-corrected chi connectivity index (χ0v) is 15.4. The van der Waals surface area contributed by atoms with E-state index in [9.17, 15) is 4.79 Å². The molecule has 2 atom stereocenters. The van der Waals surface area contributed by atoms with Crippen LogP contribution in [-0.2, 0) is 4.74 Å². The Balaban J connectivity index is 1.78. The first kappa shape index (κ1) is 18.5. The lowest BCUT2D eigenvalue weighted by molar-refractivity contribution is 0.0256. The van der Waals surface area contributed by atoms with Crippen molar-refractivity contribution in [3.63, 3.8) is 0 Å². The highest BCUT2D eigenvalue weighted by Gasteiger charge is 2.26. The summed E-state index contributed by atoms with van der Waals surface area (Å²) in [6.45, 7) is 9.81. The summed E-state index contributed by atoms with van der Waals surface area (Å²) in [7, 11) is 2.22. The lowest BCUT2D eigenvalue weighted by Crippen LogP contribution is -2.40. The number of hydrogen-bond donors (Lipinski definition) is 1. The molecule has 0 radical (unpaired) electrons. The summed E-state index contributed by atoms with van der Waals surface area (Å²) in [6, 6.07) is 1.17. The van der Waals surface area contributed by atoms with Crippen LogP contribution in [-0.4, -0.2) is 66.8 Å². The van der Waals surface area contributed by atoms with E-state index in [-0.39, 0.29) is 6.09 Å². The molecule has 2 aliphatic heterocycles. The number of hydrogen-bond acceptors (Lipinski definition) is 4. The molecule has 0 aromatic carbocycles. The van der Waals surface area contributed by atoms with Crippen LogP contribution in [0.2, 0.25) is 0 Å². The van der Waals surface area contributed by atoms with Gasteiger partial charge in [0.2, 0.25) is 0 Å². The minimum atomic E-state index is -0.409. The number of nitrogens with zero attached hydrogens (tertiary/aromatic N) is 2. The Hall–Kier alpha value is -0.810. The van der Waals surface area contributed by atoms with Crippen molar-refractivity contribution in [3.8, 4) is 0 Å². The van der Waals surface area contributed by atoms with E-state index in [1.54, 1.807) is 0 Å². The van der Waals surface area contributed by atoms with Crippen LogP contribution in [0.3, 0.4) is 0 Å². The number of carbonyl (C=O) groups is 1. The molecule has 2 heterocycles. The SMILES string of the molecule is CN1CCCC(NC2CCCN(C(=O)OC(C)(C)C)CC2)CC1. The van der Waals surface area contributed by atoms with Crippen molar-refractivity contribution in [2.45, 2.75) is 77.0 Å². The van der Waals surface area contributed by atoms with Crippen molar-refractivity contribution in [3.05, 3.63) is 0 Å². The van der Waals surface area contributed by atoms with E-state index < -0.39 is 5.60 Å². The smallest absolute Gasteiger partial charge is 0.410 e. The molecule has 5 nitrogen and oxygen atoms in total. The van der Waals surface area contributed by atoms with Gasteiger partial charge in [-0.25, -0.2) is 4.79 Å². The molecule has 2 unspecified atom stereocenters. The number of rotatable bonds is 2. The Morgan fingerprint density at radius 3 is 2.22 bits per heavy atom. The molecule has 2 aliphatic rings. The molecule has 2 saturated heterocycles. The normalized spacial score (nSPS) is 28.1. The van der Waals surface area contributed by atoms with Gasteiger partial charge in [-0.1, -0.05) is 0 Å². The van der Waals surface area contributed by atoms with Gasteiger partial charge in [-0.3, -0.25) is 0 Å². The van der Waals surface area contributed by atoms with Gasteiger partial charge in [-0.2, -0.15) is 0 Å². The summed E-state index contributed by atoms with van der Waals surface area (Å²) in [5.41, 5.74) is -0.409. The molecule has 23 heavy (non-hydrogen) atoms. The Kier molecular flexibility index (Phi) is 6.72. The molecule has 0 aliphatic carbocycles. The quantitative estimate of drug-likeness (QED) is 0.848. The predicted molar refractivity (Wildman–Crippen MR) is 93.7 cm³/mol. The molecule has 5 heteroatoms. The van der Waals surface area contributed by atoms with Crippen molar-refractivity contribution in [2.24, 2.45) is 0 Å². The van der Waals surface area contributed by atoms with Crippen molar-refractivity contribution in [1.29, 1.82) is 0 Å². The second-order valence-electron chi connectivity index (χ2n) is 8.19. The molecule has 1 amide bonds. The predicted octanol–water partition coefficient (Wildman–Crippen LogP) is 2.85. The molecule has 0 saturated carbocycles. The zero-order chi connectivity index (χ0) is 16.9. The number of ether oxygens (including phenoxy) is 1. The monoisotopic (exact) mass is 325 g/mol. The largest absolute Gasteiger partial charge is 0.444 e. The van der Waals surface area contributed by atoms with Crippen LogP contribution in [0.4, 0.5) is 4.79 Å². The molecule has 0 bridgehead atoms. The summed E-state index contributed by atoms with van der Waals surface area (Å²) < 4.78 is 5.51. The van der Waals surface area contributed by atoms with Crippen molar-refractivity contribution >= 4 is 6.09 Å². The standard InChI is InChI=1S/C18H35N3O2/c1-18(2,3)23-17(22)21-12-6-8-16(10-14-21)19-15-7-5-11-20(4)13-9-15/h15-16,19H,5-14H2,1-4H3. The number of carbonyl (C=O) groups excluding carboxylic acids is 1. The average Bonchev–Trinajstić information content (AvgIpc) is 2.78. The first-order valence-corrected chi connectivity index (χ1v) is 9.26. The second-order valence-corrected chi connectivity index (χ2v) is 8.19. The average molecular weight is 325 g/mol. The fourth-order valence-electron chi connectivity index (χ4n) is 3.51.